The van der Waals surface area contributed by atoms with E-state index in [9.17, 15) is 9.59 Å². The van der Waals surface area contributed by atoms with Crippen molar-refractivity contribution >= 4 is 34.9 Å². The SMILES string of the molecule is Cc1ccc(N2CCCN(Cc3cccc(Cl)c3)C2=O)c(NC(=O)C2CCCC2)c1. The predicted molar refractivity (Wildman–Crippen MR) is 121 cm³/mol. The Hall–Kier alpha value is -2.53. The molecule has 1 saturated heterocycles. The van der Waals surface area contributed by atoms with Gasteiger partial charge in [-0.05, 0) is 61.6 Å². The van der Waals surface area contributed by atoms with Gasteiger partial charge in [0.05, 0.1) is 11.4 Å². The van der Waals surface area contributed by atoms with E-state index < -0.39 is 0 Å². The van der Waals surface area contributed by atoms with E-state index in [-0.39, 0.29) is 17.9 Å². The van der Waals surface area contributed by atoms with Crippen molar-refractivity contribution in [1.29, 1.82) is 0 Å². The average molecular weight is 426 g/mol. The number of nitrogens with zero attached hydrogens (tertiary/aromatic N) is 2. The monoisotopic (exact) mass is 425 g/mol. The van der Waals surface area contributed by atoms with Gasteiger partial charge in [0.2, 0.25) is 5.91 Å². The van der Waals surface area contributed by atoms with Crippen molar-refractivity contribution in [1.82, 2.24) is 4.90 Å². The molecule has 5 nitrogen and oxygen atoms in total. The fourth-order valence-electron chi connectivity index (χ4n) is 4.42. The Kier molecular flexibility index (Phi) is 6.28. The van der Waals surface area contributed by atoms with Crippen LogP contribution in [0.3, 0.4) is 0 Å². The maximum absolute atomic E-state index is 13.3. The van der Waals surface area contributed by atoms with Crippen molar-refractivity contribution in [3.05, 3.63) is 58.6 Å². The van der Waals surface area contributed by atoms with Crippen LogP contribution in [0.5, 0.6) is 0 Å². The molecule has 2 fully saturated rings. The molecule has 0 radical (unpaired) electrons. The Labute approximate surface area is 183 Å². The molecule has 3 amide bonds. The highest BCUT2D eigenvalue weighted by Crippen LogP contribution is 2.32. The summed E-state index contributed by atoms with van der Waals surface area (Å²) in [5, 5.41) is 3.78. The van der Waals surface area contributed by atoms with E-state index in [1.165, 1.54) is 0 Å². The summed E-state index contributed by atoms with van der Waals surface area (Å²) in [5.74, 6) is 0.148. The van der Waals surface area contributed by atoms with Crippen molar-refractivity contribution in [2.24, 2.45) is 5.92 Å². The Bertz CT molecular complexity index is 940. The zero-order valence-electron chi connectivity index (χ0n) is 17.4. The first-order valence-electron chi connectivity index (χ1n) is 10.7. The quantitative estimate of drug-likeness (QED) is 0.676. The van der Waals surface area contributed by atoms with Crippen LogP contribution in [-0.4, -0.2) is 29.9 Å². The lowest BCUT2D eigenvalue weighted by atomic mass is 10.1. The van der Waals surface area contributed by atoms with Gasteiger partial charge in [-0.15, -0.1) is 0 Å². The summed E-state index contributed by atoms with van der Waals surface area (Å²) in [4.78, 5) is 29.7. The number of amides is 3. The third-order valence-electron chi connectivity index (χ3n) is 6.00. The summed E-state index contributed by atoms with van der Waals surface area (Å²) in [6.07, 6.45) is 4.99. The van der Waals surface area contributed by atoms with Crippen LogP contribution < -0.4 is 10.2 Å². The second kappa shape index (κ2) is 9.09. The molecule has 2 aromatic rings. The molecule has 0 aromatic heterocycles. The summed E-state index contributed by atoms with van der Waals surface area (Å²) < 4.78 is 0. The van der Waals surface area contributed by atoms with Gasteiger partial charge in [0.15, 0.2) is 0 Å². The largest absolute Gasteiger partial charge is 0.324 e. The van der Waals surface area contributed by atoms with E-state index in [0.717, 1.165) is 54.6 Å². The molecule has 6 heteroatoms. The lowest BCUT2D eigenvalue weighted by Gasteiger charge is -2.36. The molecule has 0 bridgehead atoms. The minimum Gasteiger partial charge on any atom is -0.324 e. The molecule has 1 saturated carbocycles. The lowest BCUT2D eigenvalue weighted by Crippen LogP contribution is -2.49. The maximum atomic E-state index is 13.3. The zero-order valence-corrected chi connectivity index (χ0v) is 18.1. The topological polar surface area (TPSA) is 52.6 Å². The van der Waals surface area contributed by atoms with Gasteiger partial charge in [0, 0.05) is 30.6 Å². The fourth-order valence-corrected chi connectivity index (χ4v) is 4.63. The van der Waals surface area contributed by atoms with Gasteiger partial charge >= 0.3 is 6.03 Å². The molecule has 1 heterocycles. The van der Waals surface area contributed by atoms with Crippen LogP contribution >= 0.6 is 11.6 Å². The molecular weight excluding hydrogens is 398 g/mol. The van der Waals surface area contributed by atoms with Crippen LogP contribution in [0, 0.1) is 12.8 Å². The highest BCUT2D eigenvalue weighted by Gasteiger charge is 2.30. The summed E-state index contributed by atoms with van der Waals surface area (Å²) in [5.41, 5.74) is 3.56. The molecule has 30 heavy (non-hydrogen) atoms. The van der Waals surface area contributed by atoms with Gasteiger partial charge in [-0.2, -0.15) is 0 Å². The number of benzene rings is 2. The highest BCUT2D eigenvalue weighted by atomic mass is 35.5. The van der Waals surface area contributed by atoms with Crippen LogP contribution in [0.15, 0.2) is 42.5 Å². The van der Waals surface area contributed by atoms with E-state index >= 15 is 0 Å². The van der Waals surface area contributed by atoms with Crippen LogP contribution in [0.2, 0.25) is 5.02 Å². The summed E-state index contributed by atoms with van der Waals surface area (Å²) >= 11 is 6.11. The van der Waals surface area contributed by atoms with Gasteiger partial charge in [0.25, 0.3) is 0 Å². The van der Waals surface area contributed by atoms with Gasteiger partial charge in [-0.25, -0.2) is 4.79 Å². The zero-order chi connectivity index (χ0) is 21.1. The molecule has 0 unspecified atom stereocenters. The van der Waals surface area contributed by atoms with Crippen LogP contribution in [0.1, 0.15) is 43.2 Å². The number of rotatable bonds is 5. The molecule has 0 spiro atoms. The number of urea groups is 1. The van der Waals surface area contributed by atoms with E-state index in [4.69, 9.17) is 11.6 Å². The minimum atomic E-state index is -0.0403. The van der Waals surface area contributed by atoms with Crippen LogP contribution in [-0.2, 0) is 11.3 Å². The van der Waals surface area contributed by atoms with Gasteiger partial charge in [0.1, 0.15) is 0 Å². The van der Waals surface area contributed by atoms with E-state index in [1.54, 1.807) is 4.90 Å². The molecule has 2 aromatic carbocycles. The smallest absolute Gasteiger partial charge is 0.324 e. The van der Waals surface area contributed by atoms with Crippen LogP contribution in [0.25, 0.3) is 0 Å². The summed E-state index contributed by atoms with van der Waals surface area (Å²) in [6.45, 7) is 3.86. The molecule has 0 atom stereocenters. The Balaban J connectivity index is 1.54. The third-order valence-corrected chi connectivity index (χ3v) is 6.24. The standard InChI is InChI=1S/C24H28ClN3O2/c1-17-10-11-22(21(14-17)26-23(29)19-7-2-3-8-19)28-13-5-12-27(24(28)30)16-18-6-4-9-20(25)15-18/h4,6,9-11,14-15,19H,2-3,5,7-8,12-13,16H2,1H3,(H,26,29). The third kappa shape index (κ3) is 4.62. The number of hydrogen-bond donors (Lipinski definition) is 1. The number of nitrogens with one attached hydrogen (secondary N) is 1. The van der Waals surface area contributed by atoms with E-state index in [1.807, 2.05) is 54.3 Å². The number of carbonyl (C=O) groups excluding carboxylic acids is 2. The van der Waals surface area contributed by atoms with Gasteiger partial charge in [-0.3, -0.25) is 9.69 Å². The molecule has 4 rings (SSSR count). The fraction of sp³-hybridized carbons (Fsp3) is 0.417. The van der Waals surface area contributed by atoms with Crippen molar-refractivity contribution in [3.8, 4) is 0 Å². The number of hydrogen-bond acceptors (Lipinski definition) is 2. The Morgan fingerprint density at radius 2 is 1.90 bits per heavy atom. The van der Waals surface area contributed by atoms with Gasteiger partial charge < -0.3 is 10.2 Å². The number of halogens is 1. The van der Waals surface area contributed by atoms with Crippen molar-refractivity contribution < 1.29 is 9.59 Å². The van der Waals surface area contributed by atoms with E-state index in [2.05, 4.69) is 5.32 Å². The second-order valence-electron chi connectivity index (χ2n) is 8.33. The number of carbonyl (C=O) groups is 2. The normalized spacial score (nSPS) is 17.5. The lowest BCUT2D eigenvalue weighted by molar-refractivity contribution is -0.119. The first-order valence-corrected chi connectivity index (χ1v) is 11.1. The Morgan fingerprint density at radius 1 is 1.10 bits per heavy atom. The molecular formula is C24H28ClN3O2. The second-order valence-corrected chi connectivity index (χ2v) is 8.77. The maximum Gasteiger partial charge on any atom is 0.324 e. The number of anilines is 2. The summed E-state index contributed by atoms with van der Waals surface area (Å²) in [7, 11) is 0. The first-order chi connectivity index (χ1) is 14.5. The van der Waals surface area contributed by atoms with Crippen molar-refractivity contribution in [3.63, 3.8) is 0 Å². The molecule has 2 aliphatic rings. The van der Waals surface area contributed by atoms with Crippen molar-refractivity contribution in [2.45, 2.75) is 45.6 Å². The predicted octanol–water partition coefficient (Wildman–Crippen LogP) is 5.61. The van der Waals surface area contributed by atoms with Crippen molar-refractivity contribution in [2.75, 3.05) is 23.3 Å². The molecule has 1 aliphatic heterocycles. The van der Waals surface area contributed by atoms with Crippen LogP contribution in [0.4, 0.5) is 16.2 Å². The number of aryl methyl sites for hydroxylation is 1. The molecule has 1 N–H and O–H groups in total. The molecule has 1 aliphatic carbocycles. The minimum absolute atomic E-state index is 0.0403. The van der Waals surface area contributed by atoms with Gasteiger partial charge in [-0.1, -0.05) is 42.6 Å². The average Bonchev–Trinajstić information content (AvgIpc) is 3.25. The highest BCUT2D eigenvalue weighted by molar-refractivity contribution is 6.30. The van der Waals surface area contributed by atoms with E-state index in [0.29, 0.717) is 24.7 Å². The molecule has 158 valence electrons. The first kappa shape index (κ1) is 20.7. The summed E-state index contributed by atoms with van der Waals surface area (Å²) in [6, 6.07) is 13.5. The Morgan fingerprint density at radius 3 is 2.67 bits per heavy atom.